The average Bonchev–Trinajstić information content (AvgIpc) is 2.89. The third-order valence-corrected chi connectivity index (χ3v) is 4.30. The van der Waals surface area contributed by atoms with Gasteiger partial charge in [-0.3, -0.25) is 4.79 Å². The summed E-state index contributed by atoms with van der Waals surface area (Å²) in [5, 5.41) is 3.13. The van der Waals surface area contributed by atoms with Gasteiger partial charge >= 0.3 is 0 Å². The third kappa shape index (κ3) is 4.05. The van der Waals surface area contributed by atoms with Crippen LogP contribution in [0.2, 0.25) is 0 Å². The summed E-state index contributed by atoms with van der Waals surface area (Å²) in [6.07, 6.45) is 3.15. The highest BCUT2D eigenvalue weighted by Gasteiger charge is 2.32. The van der Waals surface area contributed by atoms with Gasteiger partial charge in [-0.05, 0) is 58.0 Å². The normalized spacial score (nSPS) is 21.8. The molecular weight excluding hydrogens is 262 g/mol. The second-order valence-corrected chi connectivity index (χ2v) is 6.42. The fraction of sp³-hybridized carbons (Fsp3) is 0.588. The van der Waals surface area contributed by atoms with Crippen molar-refractivity contribution < 1.29 is 4.79 Å². The van der Waals surface area contributed by atoms with E-state index in [4.69, 9.17) is 5.73 Å². The minimum atomic E-state index is 0.0727. The minimum absolute atomic E-state index is 0.0727. The van der Waals surface area contributed by atoms with Gasteiger partial charge in [0.15, 0.2) is 0 Å². The first-order chi connectivity index (χ1) is 10.0. The summed E-state index contributed by atoms with van der Waals surface area (Å²) in [6.45, 7) is 3.50. The summed E-state index contributed by atoms with van der Waals surface area (Å²) >= 11 is 0. The molecule has 0 saturated heterocycles. The molecule has 1 amide bonds. The Bertz CT molecular complexity index is 499. The monoisotopic (exact) mass is 289 g/mol. The van der Waals surface area contributed by atoms with Crippen molar-refractivity contribution in [3.05, 3.63) is 29.3 Å². The molecule has 0 spiro atoms. The van der Waals surface area contributed by atoms with Crippen LogP contribution in [0.5, 0.6) is 0 Å². The Kier molecular flexibility index (Phi) is 5.37. The molecule has 3 N–H and O–H groups in total. The molecule has 1 aliphatic rings. The van der Waals surface area contributed by atoms with E-state index >= 15 is 0 Å². The molecule has 4 heteroatoms. The van der Waals surface area contributed by atoms with Crippen molar-refractivity contribution in [1.29, 1.82) is 0 Å². The van der Waals surface area contributed by atoms with Gasteiger partial charge in [-0.2, -0.15) is 0 Å². The van der Waals surface area contributed by atoms with Crippen molar-refractivity contribution in [3.63, 3.8) is 0 Å². The maximum atomic E-state index is 12.5. The Morgan fingerprint density at radius 2 is 2.14 bits per heavy atom. The second-order valence-electron chi connectivity index (χ2n) is 6.42. The van der Waals surface area contributed by atoms with Gasteiger partial charge in [-0.15, -0.1) is 0 Å². The van der Waals surface area contributed by atoms with Gasteiger partial charge < -0.3 is 16.0 Å². The lowest BCUT2D eigenvalue weighted by atomic mass is 9.95. The topological polar surface area (TPSA) is 58.4 Å². The molecule has 2 rings (SSSR count). The van der Waals surface area contributed by atoms with Crippen LogP contribution in [0.4, 0.5) is 5.69 Å². The number of aryl methyl sites for hydroxylation is 1. The molecule has 1 saturated carbocycles. The van der Waals surface area contributed by atoms with Crippen molar-refractivity contribution >= 4 is 11.6 Å². The van der Waals surface area contributed by atoms with E-state index in [0.717, 1.165) is 37.1 Å². The van der Waals surface area contributed by atoms with Gasteiger partial charge in [0.2, 0.25) is 5.91 Å². The van der Waals surface area contributed by atoms with E-state index in [9.17, 15) is 4.79 Å². The van der Waals surface area contributed by atoms with Gasteiger partial charge in [0.1, 0.15) is 0 Å². The maximum absolute atomic E-state index is 12.5. The number of carbonyl (C=O) groups excluding carboxylic acids is 1. The Hall–Kier alpha value is -1.39. The number of nitrogens with zero attached hydrogens (tertiary/aromatic N) is 1. The largest absolute Gasteiger partial charge is 0.330 e. The molecule has 0 unspecified atom stereocenters. The zero-order chi connectivity index (χ0) is 15.4. The first-order valence-electron chi connectivity index (χ1n) is 7.76. The molecule has 0 aromatic heterocycles. The molecule has 1 aromatic rings. The fourth-order valence-electron chi connectivity index (χ4n) is 3.21. The quantitative estimate of drug-likeness (QED) is 0.875. The summed E-state index contributed by atoms with van der Waals surface area (Å²) in [5.41, 5.74) is 9.09. The van der Waals surface area contributed by atoms with Gasteiger partial charge in [0.05, 0.1) is 0 Å². The second kappa shape index (κ2) is 7.05. The summed E-state index contributed by atoms with van der Waals surface area (Å²) < 4.78 is 0. The van der Waals surface area contributed by atoms with Crippen LogP contribution in [0.15, 0.2) is 18.2 Å². The van der Waals surface area contributed by atoms with Crippen LogP contribution in [0.3, 0.4) is 0 Å². The Balaban J connectivity index is 2.13. The molecule has 0 heterocycles. The number of rotatable bonds is 5. The first kappa shape index (κ1) is 16.0. The van der Waals surface area contributed by atoms with E-state index in [1.54, 1.807) is 0 Å². The standard InChI is InChI=1S/C17H27N3O/c1-12-7-8-16(14(9-12)11-20(2)3)19-17(21)15-6-4-5-13(15)10-18/h7-9,13,15H,4-6,10-11,18H2,1-3H3,(H,19,21)/t13-,15-/m1/s1. The molecule has 4 nitrogen and oxygen atoms in total. The molecule has 21 heavy (non-hydrogen) atoms. The lowest BCUT2D eigenvalue weighted by molar-refractivity contribution is -0.120. The van der Waals surface area contributed by atoms with E-state index in [2.05, 4.69) is 23.2 Å². The van der Waals surface area contributed by atoms with E-state index in [0.29, 0.717) is 12.5 Å². The average molecular weight is 289 g/mol. The Morgan fingerprint density at radius 3 is 2.81 bits per heavy atom. The third-order valence-electron chi connectivity index (χ3n) is 4.30. The number of carbonyl (C=O) groups is 1. The van der Waals surface area contributed by atoms with Gasteiger partial charge in [-0.25, -0.2) is 0 Å². The molecular formula is C17H27N3O. The Labute approximate surface area is 127 Å². The zero-order valence-electron chi connectivity index (χ0n) is 13.4. The first-order valence-corrected chi connectivity index (χ1v) is 7.76. The Morgan fingerprint density at radius 1 is 1.38 bits per heavy atom. The lowest BCUT2D eigenvalue weighted by Crippen LogP contribution is -2.30. The molecule has 0 radical (unpaired) electrons. The lowest BCUT2D eigenvalue weighted by Gasteiger charge is -2.20. The number of anilines is 1. The molecule has 0 aliphatic heterocycles. The maximum Gasteiger partial charge on any atom is 0.227 e. The SMILES string of the molecule is Cc1ccc(NC(=O)[C@@H]2CCC[C@@H]2CN)c(CN(C)C)c1. The van der Waals surface area contributed by atoms with Crippen LogP contribution in [-0.2, 0) is 11.3 Å². The summed E-state index contributed by atoms with van der Waals surface area (Å²) in [4.78, 5) is 14.6. The van der Waals surface area contributed by atoms with E-state index in [1.807, 2.05) is 26.2 Å². The number of nitrogens with two attached hydrogens (primary N) is 1. The minimum Gasteiger partial charge on any atom is -0.330 e. The van der Waals surface area contributed by atoms with Crippen molar-refractivity contribution in [1.82, 2.24) is 4.90 Å². The van der Waals surface area contributed by atoms with Crippen molar-refractivity contribution in [3.8, 4) is 0 Å². The number of amides is 1. The van der Waals surface area contributed by atoms with Crippen molar-refractivity contribution in [2.45, 2.75) is 32.7 Å². The number of benzene rings is 1. The molecule has 1 aromatic carbocycles. The number of nitrogens with one attached hydrogen (secondary N) is 1. The number of hydrogen-bond acceptors (Lipinski definition) is 3. The van der Waals surface area contributed by atoms with Crippen LogP contribution in [-0.4, -0.2) is 31.4 Å². The predicted molar refractivity (Wildman–Crippen MR) is 87.1 cm³/mol. The smallest absolute Gasteiger partial charge is 0.227 e. The summed E-state index contributed by atoms with van der Waals surface area (Å²) in [7, 11) is 4.07. The number of hydrogen-bond donors (Lipinski definition) is 2. The van der Waals surface area contributed by atoms with Crippen LogP contribution in [0, 0.1) is 18.8 Å². The molecule has 116 valence electrons. The van der Waals surface area contributed by atoms with E-state index in [-0.39, 0.29) is 11.8 Å². The van der Waals surface area contributed by atoms with E-state index < -0.39 is 0 Å². The van der Waals surface area contributed by atoms with Crippen LogP contribution < -0.4 is 11.1 Å². The highest BCUT2D eigenvalue weighted by molar-refractivity contribution is 5.93. The van der Waals surface area contributed by atoms with Crippen LogP contribution in [0.25, 0.3) is 0 Å². The highest BCUT2D eigenvalue weighted by atomic mass is 16.1. The summed E-state index contributed by atoms with van der Waals surface area (Å²) in [6, 6.07) is 6.20. The summed E-state index contributed by atoms with van der Waals surface area (Å²) in [5.74, 6) is 0.545. The van der Waals surface area contributed by atoms with Crippen LogP contribution in [0.1, 0.15) is 30.4 Å². The molecule has 1 aliphatic carbocycles. The fourth-order valence-corrected chi connectivity index (χ4v) is 3.21. The molecule has 1 fully saturated rings. The van der Waals surface area contributed by atoms with Gasteiger partial charge in [-0.1, -0.05) is 24.1 Å². The predicted octanol–water partition coefficient (Wildman–Crippen LogP) is 2.37. The molecule has 0 bridgehead atoms. The zero-order valence-corrected chi connectivity index (χ0v) is 13.4. The van der Waals surface area contributed by atoms with Crippen molar-refractivity contribution in [2.75, 3.05) is 26.0 Å². The molecule has 2 atom stereocenters. The van der Waals surface area contributed by atoms with E-state index in [1.165, 1.54) is 5.56 Å². The van der Waals surface area contributed by atoms with Gasteiger partial charge in [0, 0.05) is 18.2 Å². The van der Waals surface area contributed by atoms with Crippen molar-refractivity contribution in [2.24, 2.45) is 17.6 Å². The highest BCUT2D eigenvalue weighted by Crippen LogP contribution is 2.32. The van der Waals surface area contributed by atoms with Gasteiger partial charge in [0.25, 0.3) is 0 Å². The van der Waals surface area contributed by atoms with Crippen LogP contribution >= 0.6 is 0 Å².